The fourth-order valence-corrected chi connectivity index (χ4v) is 3.41. The minimum Gasteiger partial charge on any atom is -0.343 e. The summed E-state index contributed by atoms with van der Waals surface area (Å²) in [5.74, 6) is 0.290. The smallest absolute Gasteiger partial charge is 0.261 e. The van der Waals surface area contributed by atoms with Gasteiger partial charge in [0.25, 0.3) is 15.9 Å². The molecule has 0 aliphatic heterocycles. The number of aryl methyl sites for hydroxylation is 2. The maximum absolute atomic E-state index is 12.6. The molecule has 3 rings (SSSR count). The van der Waals surface area contributed by atoms with Gasteiger partial charge in [-0.25, -0.2) is 8.42 Å². The number of carbonyl (C=O) groups is 1. The molecule has 0 spiro atoms. The number of carbonyl (C=O) groups excluding carboxylic acids is 1. The zero-order valence-corrected chi connectivity index (χ0v) is 15.6. The Balaban J connectivity index is 1.73. The van der Waals surface area contributed by atoms with Crippen molar-refractivity contribution >= 4 is 21.6 Å². The van der Waals surface area contributed by atoms with Gasteiger partial charge in [-0.3, -0.25) is 9.52 Å². The highest BCUT2D eigenvalue weighted by Gasteiger charge is 2.17. The number of anilines is 1. The molecule has 0 saturated heterocycles. The molecule has 0 radical (unpaired) electrons. The number of aromatic nitrogens is 2. The predicted octanol–water partition coefficient (Wildman–Crippen LogP) is 2.42. The molecular weight excluding hydrogens is 368 g/mol. The van der Waals surface area contributed by atoms with Gasteiger partial charge in [0, 0.05) is 11.3 Å². The van der Waals surface area contributed by atoms with Crippen molar-refractivity contribution in [2.24, 2.45) is 0 Å². The van der Waals surface area contributed by atoms with Crippen molar-refractivity contribution in [3.63, 3.8) is 0 Å². The lowest BCUT2D eigenvalue weighted by atomic mass is 10.2. The molecule has 0 aliphatic rings. The van der Waals surface area contributed by atoms with Crippen LogP contribution in [0.25, 0.3) is 0 Å². The molecule has 1 aromatic heterocycles. The minimum atomic E-state index is -3.82. The van der Waals surface area contributed by atoms with E-state index in [-0.39, 0.29) is 22.9 Å². The SMILES string of the molecule is Cc1ccc(NS(=O)(=O)c2cccc(C(=O)NCc3nc(C)no3)c2)cc1. The van der Waals surface area contributed by atoms with Crippen LogP contribution in [0.4, 0.5) is 5.69 Å². The Morgan fingerprint density at radius 2 is 1.85 bits per heavy atom. The minimum absolute atomic E-state index is 0.00985. The first kappa shape index (κ1) is 18.6. The Bertz CT molecular complexity index is 1060. The van der Waals surface area contributed by atoms with Gasteiger partial charge in [0.05, 0.1) is 11.4 Å². The van der Waals surface area contributed by atoms with Gasteiger partial charge in [-0.05, 0) is 44.2 Å². The molecule has 0 bridgehead atoms. The molecule has 2 aromatic carbocycles. The van der Waals surface area contributed by atoms with E-state index in [9.17, 15) is 13.2 Å². The number of nitrogens with one attached hydrogen (secondary N) is 2. The molecule has 9 heteroatoms. The van der Waals surface area contributed by atoms with Crippen LogP contribution in [-0.2, 0) is 16.6 Å². The standard InChI is InChI=1S/C18H18N4O4S/c1-12-6-8-15(9-7-12)22-27(24,25)16-5-3-4-14(10-16)18(23)19-11-17-20-13(2)21-26-17/h3-10,22H,11H2,1-2H3,(H,19,23). The van der Waals surface area contributed by atoms with Crippen LogP contribution < -0.4 is 10.0 Å². The first-order valence-corrected chi connectivity index (χ1v) is 9.59. The van der Waals surface area contributed by atoms with Crippen molar-refractivity contribution in [1.29, 1.82) is 0 Å². The zero-order valence-electron chi connectivity index (χ0n) is 14.8. The molecule has 1 amide bonds. The molecule has 27 heavy (non-hydrogen) atoms. The first-order valence-electron chi connectivity index (χ1n) is 8.10. The average Bonchev–Trinajstić information content (AvgIpc) is 3.07. The summed E-state index contributed by atoms with van der Waals surface area (Å²) in [6.07, 6.45) is 0. The van der Waals surface area contributed by atoms with Crippen molar-refractivity contribution in [2.45, 2.75) is 25.3 Å². The van der Waals surface area contributed by atoms with Crippen LogP contribution in [-0.4, -0.2) is 24.5 Å². The number of amides is 1. The Morgan fingerprint density at radius 3 is 2.52 bits per heavy atom. The third-order valence-corrected chi connectivity index (χ3v) is 5.06. The highest BCUT2D eigenvalue weighted by molar-refractivity contribution is 7.92. The van der Waals surface area contributed by atoms with Crippen molar-refractivity contribution in [3.8, 4) is 0 Å². The number of hydrogen-bond donors (Lipinski definition) is 2. The Hall–Kier alpha value is -3.20. The monoisotopic (exact) mass is 386 g/mol. The lowest BCUT2D eigenvalue weighted by Crippen LogP contribution is -2.23. The van der Waals surface area contributed by atoms with Crippen molar-refractivity contribution < 1.29 is 17.7 Å². The second-order valence-corrected chi connectivity index (χ2v) is 7.60. The molecule has 0 atom stereocenters. The Labute approximate surface area is 156 Å². The number of nitrogens with zero attached hydrogens (tertiary/aromatic N) is 2. The van der Waals surface area contributed by atoms with E-state index < -0.39 is 15.9 Å². The van der Waals surface area contributed by atoms with Crippen LogP contribution in [0, 0.1) is 13.8 Å². The van der Waals surface area contributed by atoms with E-state index >= 15 is 0 Å². The van der Waals surface area contributed by atoms with E-state index in [0.717, 1.165) is 5.56 Å². The quantitative estimate of drug-likeness (QED) is 0.672. The number of sulfonamides is 1. The van der Waals surface area contributed by atoms with Crippen LogP contribution in [0.3, 0.4) is 0 Å². The third kappa shape index (κ3) is 4.70. The number of benzene rings is 2. The van der Waals surface area contributed by atoms with E-state index in [2.05, 4.69) is 20.2 Å². The van der Waals surface area contributed by atoms with Gasteiger partial charge in [-0.2, -0.15) is 4.98 Å². The molecule has 0 fully saturated rings. The summed E-state index contributed by atoms with van der Waals surface area (Å²) in [4.78, 5) is 16.3. The molecule has 3 aromatic rings. The molecule has 140 valence electrons. The van der Waals surface area contributed by atoms with E-state index in [1.165, 1.54) is 24.3 Å². The highest BCUT2D eigenvalue weighted by atomic mass is 32.2. The predicted molar refractivity (Wildman–Crippen MR) is 98.6 cm³/mol. The van der Waals surface area contributed by atoms with Gasteiger partial charge in [-0.15, -0.1) is 0 Å². The summed E-state index contributed by atoms with van der Waals surface area (Å²) >= 11 is 0. The van der Waals surface area contributed by atoms with Crippen LogP contribution >= 0.6 is 0 Å². The molecule has 0 unspecified atom stereocenters. The molecule has 8 nitrogen and oxygen atoms in total. The average molecular weight is 386 g/mol. The number of hydrogen-bond acceptors (Lipinski definition) is 6. The Kier molecular flexibility index (Phi) is 5.22. The second kappa shape index (κ2) is 7.58. The van der Waals surface area contributed by atoms with Gasteiger partial charge in [0.2, 0.25) is 5.89 Å². The van der Waals surface area contributed by atoms with Crippen LogP contribution in [0.5, 0.6) is 0 Å². The van der Waals surface area contributed by atoms with Crippen molar-refractivity contribution in [3.05, 3.63) is 71.4 Å². The summed E-state index contributed by atoms with van der Waals surface area (Å²) in [5.41, 5.74) is 1.67. The van der Waals surface area contributed by atoms with E-state index in [1.54, 1.807) is 31.2 Å². The fraction of sp³-hybridized carbons (Fsp3) is 0.167. The maximum Gasteiger partial charge on any atom is 0.261 e. The van der Waals surface area contributed by atoms with Gasteiger partial charge in [0.15, 0.2) is 5.82 Å². The molecule has 0 aliphatic carbocycles. The molecule has 2 N–H and O–H groups in total. The third-order valence-electron chi connectivity index (χ3n) is 3.68. The molecule has 1 heterocycles. The zero-order chi connectivity index (χ0) is 19.4. The first-order chi connectivity index (χ1) is 12.8. The van der Waals surface area contributed by atoms with E-state index in [0.29, 0.717) is 11.5 Å². The van der Waals surface area contributed by atoms with E-state index in [1.807, 2.05) is 6.92 Å². The summed E-state index contributed by atoms with van der Waals surface area (Å²) in [7, 11) is -3.82. The fourth-order valence-electron chi connectivity index (χ4n) is 2.31. The van der Waals surface area contributed by atoms with Gasteiger partial charge in [0.1, 0.15) is 0 Å². The lowest BCUT2D eigenvalue weighted by molar-refractivity contribution is 0.0946. The van der Waals surface area contributed by atoms with Gasteiger partial charge in [-0.1, -0.05) is 28.9 Å². The Morgan fingerprint density at radius 1 is 1.11 bits per heavy atom. The summed E-state index contributed by atoms with van der Waals surface area (Å²) in [6, 6.07) is 12.7. The van der Waals surface area contributed by atoms with Gasteiger partial charge < -0.3 is 9.84 Å². The van der Waals surface area contributed by atoms with Crippen LogP contribution in [0.1, 0.15) is 27.6 Å². The summed E-state index contributed by atoms with van der Waals surface area (Å²) in [6.45, 7) is 3.64. The second-order valence-electron chi connectivity index (χ2n) is 5.92. The molecular formula is C18H18N4O4S. The maximum atomic E-state index is 12.6. The highest BCUT2D eigenvalue weighted by Crippen LogP contribution is 2.17. The summed E-state index contributed by atoms with van der Waals surface area (Å²) in [5, 5.41) is 6.25. The van der Waals surface area contributed by atoms with Crippen molar-refractivity contribution in [1.82, 2.24) is 15.5 Å². The summed E-state index contributed by atoms with van der Waals surface area (Å²) < 4.78 is 32.6. The topological polar surface area (TPSA) is 114 Å². The largest absolute Gasteiger partial charge is 0.343 e. The molecule has 0 saturated carbocycles. The van der Waals surface area contributed by atoms with E-state index in [4.69, 9.17) is 4.52 Å². The lowest BCUT2D eigenvalue weighted by Gasteiger charge is -2.10. The van der Waals surface area contributed by atoms with Crippen LogP contribution in [0.15, 0.2) is 57.9 Å². The van der Waals surface area contributed by atoms with Crippen LogP contribution in [0.2, 0.25) is 0 Å². The number of rotatable bonds is 6. The van der Waals surface area contributed by atoms with Gasteiger partial charge >= 0.3 is 0 Å². The van der Waals surface area contributed by atoms with Crippen molar-refractivity contribution in [2.75, 3.05) is 4.72 Å². The normalized spacial score (nSPS) is 11.2.